The fraction of sp³-hybridized carbons (Fsp3) is 0.462. The normalized spacial score (nSPS) is 20.5. The van der Waals surface area contributed by atoms with E-state index < -0.39 is 0 Å². The van der Waals surface area contributed by atoms with Crippen molar-refractivity contribution in [2.45, 2.75) is 19.4 Å². The quantitative estimate of drug-likeness (QED) is 0.615. The van der Waals surface area contributed by atoms with E-state index in [0.29, 0.717) is 17.3 Å². The lowest BCUT2D eigenvalue weighted by Crippen LogP contribution is -2.23. The lowest BCUT2D eigenvalue weighted by molar-refractivity contribution is 0.101. The molecule has 17 heavy (non-hydrogen) atoms. The van der Waals surface area contributed by atoms with Crippen LogP contribution in [0.4, 0.5) is 11.4 Å². The second-order valence-corrected chi connectivity index (χ2v) is 4.75. The molecule has 1 aromatic rings. The number of hydrogen-bond acceptors (Lipinski definition) is 4. The summed E-state index contributed by atoms with van der Waals surface area (Å²) in [5, 5.41) is 3.45. The minimum absolute atomic E-state index is 0.00893. The van der Waals surface area contributed by atoms with Crippen LogP contribution in [0.5, 0.6) is 0 Å². The van der Waals surface area contributed by atoms with Crippen molar-refractivity contribution in [2.24, 2.45) is 0 Å². The number of benzene rings is 1. The lowest BCUT2D eigenvalue weighted by atomic mass is 10.1. The third kappa shape index (κ3) is 2.77. The molecule has 1 aromatic carbocycles. The second-order valence-electron chi connectivity index (χ2n) is 4.75. The number of hydrogen-bond donors (Lipinski definition) is 2. The predicted molar refractivity (Wildman–Crippen MR) is 70.4 cm³/mol. The molecular formula is C13H19N3O. The first kappa shape index (κ1) is 11.9. The fourth-order valence-electron chi connectivity index (χ4n) is 2.26. The Kier molecular flexibility index (Phi) is 3.33. The number of anilines is 2. The predicted octanol–water partition coefficient (Wildman–Crippen LogP) is 1.59. The molecule has 4 nitrogen and oxygen atoms in total. The van der Waals surface area contributed by atoms with Crippen molar-refractivity contribution in [3.8, 4) is 0 Å². The third-order valence-electron chi connectivity index (χ3n) is 3.19. The van der Waals surface area contributed by atoms with E-state index in [1.165, 1.54) is 6.92 Å². The van der Waals surface area contributed by atoms with E-state index in [1.807, 2.05) is 12.1 Å². The van der Waals surface area contributed by atoms with Crippen molar-refractivity contribution < 1.29 is 4.79 Å². The van der Waals surface area contributed by atoms with Crippen molar-refractivity contribution in [3.05, 3.63) is 23.8 Å². The van der Waals surface area contributed by atoms with Crippen LogP contribution in [0.25, 0.3) is 0 Å². The third-order valence-corrected chi connectivity index (χ3v) is 3.19. The zero-order valence-electron chi connectivity index (χ0n) is 10.4. The van der Waals surface area contributed by atoms with Gasteiger partial charge in [0.05, 0.1) is 0 Å². The molecule has 1 aliphatic heterocycles. The van der Waals surface area contributed by atoms with Crippen LogP contribution in [0, 0.1) is 0 Å². The highest BCUT2D eigenvalue weighted by Gasteiger charge is 2.19. The Bertz CT molecular complexity index is 431. The summed E-state index contributed by atoms with van der Waals surface area (Å²) in [6.07, 6.45) is 1.14. The molecule has 0 aromatic heterocycles. The van der Waals surface area contributed by atoms with Gasteiger partial charge in [-0.25, -0.2) is 0 Å². The molecule has 0 aliphatic carbocycles. The number of nitrogens with one attached hydrogen (secondary N) is 1. The summed E-state index contributed by atoms with van der Waals surface area (Å²) in [7, 11) is 2.12. The molecule has 4 heteroatoms. The van der Waals surface area contributed by atoms with Crippen LogP contribution in [0.1, 0.15) is 23.7 Å². The summed E-state index contributed by atoms with van der Waals surface area (Å²) >= 11 is 0. The molecule has 1 heterocycles. The fourth-order valence-corrected chi connectivity index (χ4v) is 2.26. The molecule has 3 N–H and O–H groups in total. The molecule has 0 saturated carbocycles. The van der Waals surface area contributed by atoms with E-state index in [9.17, 15) is 4.79 Å². The van der Waals surface area contributed by atoms with Gasteiger partial charge in [-0.1, -0.05) is 0 Å². The summed E-state index contributed by atoms with van der Waals surface area (Å²) in [4.78, 5) is 13.6. The smallest absolute Gasteiger partial charge is 0.161 e. The molecule has 0 bridgehead atoms. The van der Waals surface area contributed by atoms with Crippen LogP contribution in [0.2, 0.25) is 0 Å². The van der Waals surface area contributed by atoms with Crippen molar-refractivity contribution in [1.29, 1.82) is 0 Å². The molecule has 0 amide bonds. The van der Waals surface area contributed by atoms with E-state index in [2.05, 4.69) is 17.3 Å². The average molecular weight is 233 g/mol. The molecule has 1 fully saturated rings. The molecule has 1 aliphatic rings. The number of rotatable bonds is 3. The van der Waals surface area contributed by atoms with Gasteiger partial charge in [-0.15, -0.1) is 0 Å². The number of nitrogen functional groups attached to an aromatic ring is 1. The van der Waals surface area contributed by atoms with Gasteiger partial charge in [0.15, 0.2) is 5.78 Å². The van der Waals surface area contributed by atoms with Crippen LogP contribution in [0.3, 0.4) is 0 Å². The maximum atomic E-state index is 11.3. The van der Waals surface area contributed by atoms with Crippen molar-refractivity contribution in [2.75, 3.05) is 31.2 Å². The van der Waals surface area contributed by atoms with Crippen LogP contribution >= 0.6 is 0 Å². The van der Waals surface area contributed by atoms with E-state index in [0.717, 1.165) is 25.2 Å². The SMILES string of the molecule is CC(=O)c1ccc(NC2CCN(C)C2)cc1N. The first-order chi connectivity index (χ1) is 8.06. The Morgan fingerprint density at radius 1 is 1.53 bits per heavy atom. The molecule has 2 rings (SSSR count). The molecule has 1 saturated heterocycles. The van der Waals surface area contributed by atoms with Crippen LogP contribution < -0.4 is 11.1 Å². The van der Waals surface area contributed by atoms with E-state index >= 15 is 0 Å². The van der Waals surface area contributed by atoms with Gasteiger partial charge in [0.2, 0.25) is 0 Å². The largest absolute Gasteiger partial charge is 0.398 e. The number of nitrogens with two attached hydrogens (primary N) is 1. The van der Waals surface area contributed by atoms with Gasteiger partial charge in [-0.3, -0.25) is 4.79 Å². The highest BCUT2D eigenvalue weighted by Crippen LogP contribution is 2.21. The standard InChI is InChI=1S/C13H19N3O/c1-9(17)12-4-3-10(7-13(12)14)15-11-5-6-16(2)8-11/h3-4,7,11,15H,5-6,8,14H2,1-2H3. The van der Waals surface area contributed by atoms with Gasteiger partial charge in [0.1, 0.15) is 0 Å². The zero-order valence-corrected chi connectivity index (χ0v) is 10.4. The molecule has 0 radical (unpaired) electrons. The number of ketones is 1. The monoisotopic (exact) mass is 233 g/mol. The summed E-state index contributed by atoms with van der Waals surface area (Å²) in [6, 6.07) is 6.03. The van der Waals surface area contributed by atoms with Gasteiger partial charge in [-0.2, -0.15) is 0 Å². The topological polar surface area (TPSA) is 58.4 Å². The van der Waals surface area contributed by atoms with Gasteiger partial charge in [0.25, 0.3) is 0 Å². The highest BCUT2D eigenvalue weighted by atomic mass is 16.1. The number of carbonyl (C=O) groups excluding carboxylic acids is 1. The maximum absolute atomic E-state index is 11.3. The lowest BCUT2D eigenvalue weighted by Gasteiger charge is -2.15. The van der Waals surface area contributed by atoms with Gasteiger partial charge in [0, 0.05) is 29.5 Å². The number of carbonyl (C=O) groups is 1. The second kappa shape index (κ2) is 4.75. The number of likely N-dealkylation sites (tertiary alicyclic amines) is 1. The average Bonchev–Trinajstić information content (AvgIpc) is 2.63. The highest BCUT2D eigenvalue weighted by molar-refractivity contribution is 5.99. The number of nitrogens with zero attached hydrogens (tertiary/aromatic N) is 1. The van der Waals surface area contributed by atoms with Gasteiger partial charge < -0.3 is 16.0 Å². The van der Waals surface area contributed by atoms with Crippen LogP contribution in [0.15, 0.2) is 18.2 Å². The molecular weight excluding hydrogens is 214 g/mol. The number of Topliss-reactive ketones (excluding diaryl/α,β-unsaturated/α-hetero) is 1. The summed E-state index contributed by atoms with van der Waals surface area (Å²) in [5.41, 5.74) is 7.99. The summed E-state index contributed by atoms with van der Waals surface area (Å²) in [5.74, 6) is 0.00893. The molecule has 92 valence electrons. The van der Waals surface area contributed by atoms with Crippen LogP contribution in [-0.4, -0.2) is 36.9 Å². The Balaban J connectivity index is 2.07. The number of likely N-dealkylation sites (N-methyl/N-ethyl adjacent to an activating group) is 1. The Labute approximate surface area is 102 Å². The minimum atomic E-state index is 0.00893. The van der Waals surface area contributed by atoms with E-state index in [1.54, 1.807) is 6.07 Å². The Hall–Kier alpha value is -1.55. The van der Waals surface area contributed by atoms with Crippen molar-refractivity contribution in [3.63, 3.8) is 0 Å². The van der Waals surface area contributed by atoms with E-state index in [4.69, 9.17) is 5.73 Å². The van der Waals surface area contributed by atoms with Gasteiger partial charge >= 0.3 is 0 Å². The maximum Gasteiger partial charge on any atom is 0.161 e. The van der Waals surface area contributed by atoms with Crippen molar-refractivity contribution in [1.82, 2.24) is 4.90 Å². The van der Waals surface area contributed by atoms with Crippen molar-refractivity contribution >= 4 is 17.2 Å². The van der Waals surface area contributed by atoms with Crippen LogP contribution in [-0.2, 0) is 0 Å². The van der Waals surface area contributed by atoms with Gasteiger partial charge in [-0.05, 0) is 45.1 Å². The Morgan fingerprint density at radius 2 is 2.29 bits per heavy atom. The molecule has 1 atom stereocenters. The first-order valence-electron chi connectivity index (χ1n) is 5.92. The molecule has 0 spiro atoms. The van der Waals surface area contributed by atoms with E-state index in [-0.39, 0.29) is 5.78 Å². The Morgan fingerprint density at radius 3 is 2.82 bits per heavy atom. The zero-order chi connectivity index (χ0) is 12.4. The summed E-state index contributed by atoms with van der Waals surface area (Å²) in [6.45, 7) is 3.71. The molecule has 1 unspecified atom stereocenters. The minimum Gasteiger partial charge on any atom is -0.398 e. The first-order valence-corrected chi connectivity index (χ1v) is 5.92. The summed E-state index contributed by atoms with van der Waals surface area (Å²) < 4.78 is 0.